The summed E-state index contributed by atoms with van der Waals surface area (Å²) < 4.78 is 0. The van der Waals surface area contributed by atoms with Crippen LogP contribution in [0.5, 0.6) is 0 Å². The van der Waals surface area contributed by atoms with E-state index in [1.807, 2.05) is 73.3 Å². The number of hydrogen-bond acceptors (Lipinski definition) is 6. The van der Waals surface area contributed by atoms with Gasteiger partial charge in [0.1, 0.15) is 0 Å². The van der Waals surface area contributed by atoms with E-state index in [-0.39, 0.29) is 0 Å². The van der Waals surface area contributed by atoms with E-state index in [2.05, 4.69) is 107 Å². The smallest absolute Gasteiger partial charge is 0.0717 e. The normalized spacial score (nSPS) is 11.3. The summed E-state index contributed by atoms with van der Waals surface area (Å²) in [4.78, 5) is 28.1. The Hall–Kier alpha value is -7.44. The van der Waals surface area contributed by atoms with Gasteiger partial charge in [-0.1, -0.05) is 60.7 Å². The van der Waals surface area contributed by atoms with E-state index < -0.39 is 0 Å². The van der Waals surface area contributed by atoms with Crippen molar-refractivity contribution in [3.8, 4) is 67.5 Å². The third kappa shape index (κ3) is 5.72. The lowest BCUT2D eigenvalue weighted by atomic mass is 9.91. The molecular formula is C48H30N6. The molecule has 0 N–H and O–H groups in total. The van der Waals surface area contributed by atoms with E-state index in [0.717, 1.165) is 67.5 Å². The average Bonchev–Trinajstić information content (AvgIpc) is 3.27. The van der Waals surface area contributed by atoms with Crippen LogP contribution in [-0.2, 0) is 0 Å². The van der Waals surface area contributed by atoms with Crippen molar-refractivity contribution in [1.82, 2.24) is 29.9 Å². The molecule has 0 aliphatic carbocycles. The number of rotatable bonds is 6. The van der Waals surface area contributed by atoms with E-state index in [1.54, 1.807) is 12.4 Å². The third-order valence-electron chi connectivity index (χ3n) is 10.00. The summed E-state index contributed by atoms with van der Waals surface area (Å²) >= 11 is 0. The molecule has 0 saturated heterocycles. The van der Waals surface area contributed by atoms with Gasteiger partial charge in [0.25, 0.3) is 0 Å². The summed E-state index contributed by atoms with van der Waals surface area (Å²) in [5.74, 6) is 0. The molecule has 6 aromatic heterocycles. The maximum Gasteiger partial charge on any atom is 0.0717 e. The Bertz CT molecular complexity index is 2720. The Morgan fingerprint density at radius 1 is 0.222 bits per heavy atom. The fourth-order valence-corrected chi connectivity index (χ4v) is 7.21. The number of pyridine rings is 6. The Balaban J connectivity index is 0.990. The van der Waals surface area contributed by atoms with Crippen LogP contribution < -0.4 is 0 Å². The molecule has 0 saturated carbocycles. The van der Waals surface area contributed by atoms with Crippen LogP contribution in [0.4, 0.5) is 0 Å². The lowest BCUT2D eigenvalue weighted by Crippen LogP contribution is -1.91. The lowest BCUT2D eigenvalue weighted by Gasteiger charge is -2.13. The Morgan fingerprint density at radius 3 is 0.870 bits per heavy atom. The second kappa shape index (κ2) is 13.3. The quantitative estimate of drug-likeness (QED) is 0.162. The molecule has 6 heteroatoms. The van der Waals surface area contributed by atoms with E-state index >= 15 is 0 Å². The molecule has 0 unspecified atom stereocenters. The first-order chi connectivity index (χ1) is 26.7. The van der Waals surface area contributed by atoms with Gasteiger partial charge in [0.15, 0.2) is 0 Å². The van der Waals surface area contributed by atoms with Gasteiger partial charge in [0.2, 0.25) is 0 Å². The van der Waals surface area contributed by atoms with Crippen LogP contribution in [0.1, 0.15) is 0 Å². The number of hydrogen-bond donors (Lipinski definition) is 0. The summed E-state index contributed by atoms with van der Waals surface area (Å²) in [6.45, 7) is 0. The zero-order valence-corrected chi connectivity index (χ0v) is 29.0. The molecule has 6 nitrogen and oxygen atoms in total. The van der Waals surface area contributed by atoms with Crippen molar-refractivity contribution in [3.05, 3.63) is 183 Å². The van der Waals surface area contributed by atoms with Gasteiger partial charge in [-0.05, 0) is 117 Å². The molecule has 0 bridgehead atoms. The highest BCUT2D eigenvalue weighted by Gasteiger charge is 2.13. The van der Waals surface area contributed by atoms with Gasteiger partial charge >= 0.3 is 0 Å². The molecule has 0 atom stereocenters. The van der Waals surface area contributed by atoms with Crippen LogP contribution in [0.2, 0.25) is 0 Å². The van der Waals surface area contributed by atoms with Crippen molar-refractivity contribution >= 4 is 32.3 Å². The highest BCUT2D eigenvalue weighted by atomic mass is 14.7. The molecule has 0 radical (unpaired) electrons. The number of fused-ring (bicyclic) bond motifs is 6. The van der Waals surface area contributed by atoms with Crippen LogP contribution in [0.3, 0.4) is 0 Å². The maximum atomic E-state index is 4.90. The third-order valence-corrected chi connectivity index (χ3v) is 10.00. The zero-order valence-electron chi connectivity index (χ0n) is 29.0. The van der Waals surface area contributed by atoms with Crippen LogP contribution in [0, 0.1) is 0 Å². The molecule has 0 aliphatic heterocycles. The number of aromatic nitrogens is 6. The number of benzene rings is 4. The van der Waals surface area contributed by atoms with Gasteiger partial charge in [-0.15, -0.1) is 0 Å². The Morgan fingerprint density at radius 2 is 0.537 bits per heavy atom. The molecule has 10 aromatic rings. The Kier molecular flexibility index (Phi) is 7.69. The van der Waals surface area contributed by atoms with Crippen LogP contribution in [0.25, 0.3) is 99.9 Å². The van der Waals surface area contributed by atoms with Crippen molar-refractivity contribution in [3.63, 3.8) is 0 Å². The van der Waals surface area contributed by atoms with Gasteiger partial charge in [-0.2, -0.15) is 0 Å². The summed E-state index contributed by atoms with van der Waals surface area (Å²) in [6.07, 6.45) is 11.1. The number of nitrogens with zero attached hydrogens (tertiary/aromatic N) is 6. The highest BCUT2D eigenvalue weighted by molar-refractivity contribution is 6.26. The van der Waals surface area contributed by atoms with E-state index in [1.165, 1.54) is 32.3 Å². The molecule has 0 amide bonds. The van der Waals surface area contributed by atoms with Gasteiger partial charge in [0.05, 0.1) is 34.2 Å². The summed E-state index contributed by atoms with van der Waals surface area (Å²) in [5, 5.41) is 7.22. The minimum atomic E-state index is 0.869. The second-order valence-corrected chi connectivity index (χ2v) is 13.2. The zero-order chi connectivity index (χ0) is 35.8. The lowest BCUT2D eigenvalue weighted by molar-refractivity contribution is 1.26. The maximum absolute atomic E-state index is 4.90. The molecule has 0 aliphatic rings. The van der Waals surface area contributed by atoms with E-state index in [9.17, 15) is 0 Å². The molecular weight excluding hydrogens is 661 g/mol. The molecule has 0 fully saturated rings. The summed E-state index contributed by atoms with van der Waals surface area (Å²) in [7, 11) is 0. The fourth-order valence-electron chi connectivity index (χ4n) is 7.21. The first kappa shape index (κ1) is 31.3. The largest absolute Gasteiger partial charge is 0.256 e. The first-order valence-electron chi connectivity index (χ1n) is 17.8. The predicted octanol–water partition coefficient (Wildman–Crippen LogP) is 11.5. The van der Waals surface area contributed by atoms with Crippen LogP contribution in [0.15, 0.2) is 183 Å². The Labute approximate surface area is 311 Å². The van der Waals surface area contributed by atoms with Crippen molar-refractivity contribution in [2.45, 2.75) is 0 Å². The highest BCUT2D eigenvalue weighted by Crippen LogP contribution is 2.39. The van der Waals surface area contributed by atoms with Crippen molar-refractivity contribution in [1.29, 1.82) is 0 Å². The van der Waals surface area contributed by atoms with Crippen molar-refractivity contribution < 1.29 is 0 Å². The summed E-state index contributed by atoms with van der Waals surface area (Å²) in [5.41, 5.74) is 11.4. The monoisotopic (exact) mass is 690 g/mol. The molecule has 6 heterocycles. The van der Waals surface area contributed by atoms with Gasteiger partial charge in [0, 0.05) is 70.6 Å². The average molecular weight is 691 g/mol. The topological polar surface area (TPSA) is 77.3 Å². The van der Waals surface area contributed by atoms with Crippen molar-refractivity contribution in [2.24, 2.45) is 0 Å². The standard InChI is InChI=1S/C48H30N6/c1-2-8-38-37(7-1)39-17-11-31(45-19-13-35(29-51-45)47-21-15-33(27-53-47)43-9-3-5-23-49-43)25-41(39)42-26-32(12-18-40(38)42)46-20-14-36(30-52-46)48-22-16-34(28-54-48)44-10-4-6-24-50-44/h1-30H. The van der Waals surface area contributed by atoms with E-state index in [4.69, 9.17) is 19.9 Å². The van der Waals surface area contributed by atoms with Gasteiger partial charge in [-0.3, -0.25) is 29.9 Å². The molecule has 0 spiro atoms. The predicted molar refractivity (Wildman–Crippen MR) is 218 cm³/mol. The SMILES string of the molecule is c1ccc(-c2ccc(-c3ccc(-c4ccc5c6ccccc6c6ccc(-c7ccc(-c8ccc(-c9ccccn9)cn8)cn7)cc6c5c4)nc3)nc2)nc1. The van der Waals surface area contributed by atoms with Crippen LogP contribution in [-0.4, -0.2) is 29.9 Å². The fraction of sp³-hybridized carbons (Fsp3) is 0. The minimum Gasteiger partial charge on any atom is -0.256 e. The first-order valence-corrected chi connectivity index (χ1v) is 17.8. The second-order valence-electron chi connectivity index (χ2n) is 13.2. The van der Waals surface area contributed by atoms with E-state index in [0.29, 0.717) is 0 Å². The molecule has 54 heavy (non-hydrogen) atoms. The van der Waals surface area contributed by atoms with Gasteiger partial charge in [-0.25, -0.2) is 0 Å². The van der Waals surface area contributed by atoms with Gasteiger partial charge < -0.3 is 0 Å². The van der Waals surface area contributed by atoms with Crippen LogP contribution >= 0.6 is 0 Å². The molecule has 10 rings (SSSR count). The summed E-state index contributed by atoms with van der Waals surface area (Å²) in [6, 6.07) is 50.2. The van der Waals surface area contributed by atoms with Crippen molar-refractivity contribution in [2.75, 3.05) is 0 Å². The molecule has 252 valence electrons. The minimum absolute atomic E-state index is 0.869. The molecule has 4 aromatic carbocycles.